The molecule has 0 bridgehead atoms. The van der Waals surface area contributed by atoms with Crippen LogP contribution in [-0.4, -0.2) is 112 Å². The number of rotatable bonds is 18. The molecule has 0 saturated carbocycles. The second-order valence-electron chi connectivity index (χ2n) is 18.7. The molecule has 74 heavy (non-hydrogen) atoms. The Morgan fingerprint density at radius 1 is 0.811 bits per heavy atom. The first kappa shape index (κ1) is 54.5. The number of halogens is 5. The molecule has 2 saturated heterocycles. The lowest BCUT2D eigenvalue weighted by molar-refractivity contribution is -0.0436. The number of aromatic nitrogens is 1. The van der Waals surface area contributed by atoms with E-state index >= 15 is 4.39 Å². The maximum atomic E-state index is 15.7. The molecule has 21 heteroatoms. The molecule has 8 rings (SSSR count). The SMILES string of the molecule is Cc1c(C(=O)O)c(-c2cc(F)cc(N3CCN(c4ccc(NS(=O)(=O)c5ccc(N[C@H](CCN6CCC(O)CC6)CSc6ccccc6)c(S(=O)(=O)C(F)(F)F)c5)cc4)CC3)c2)c(-c2ccc(Cl)cc2)n1C(C)C. The summed E-state index contributed by atoms with van der Waals surface area (Å²) >= 11 is 7.66. The van der Waals surface area contributed by atoms with E-state index in [0.717, 1.165) is 28.3 Å². The van der Waals surface area contributed by atoms with Crippen LogP contribution in [0.25, 0.3) is 22.4 Å². The summed E-state index contributed by atoms with van der Waals surface area (Å²) in [5, 5.41) is 24.0. The molecule has 13 nitrogen and oxygen atoms in total. The lowest BCUT2D eigenvalue weighted by Gasteiger charge is -2.37. The van der Waals surface area contributed by atoms with Crippen molar-refractivity contribution in [2.24, 2.45) is 0 Å². The molecule has 0 amide bonds. The summed E-state index contributed by atoms with van der Waals surface area (Å²) in [6, 6.07) is 29.2. The predicted octanol–water partition coefficient (Wildman–Crippen LogP) is 11.0. The number of thioether (sulfide) groups is 1. The molecule has 6 aromatic rings. The highest BCUT2D eigenvalue weighted by Crippen LogP contribution is 2.43. The molecule has 3 heterocycles. The van der Waals surface area contributed by atoms with Crippen molar-refractivity contribution < 1.29 is 49.4 Å². The number of sulfonamides is 1. The molecule has 1 aromatic heterocycles. The van der Waals surface area contributed by atoms with Crippen LogP contribution in [-0.2, 0) is 19.9 Å². The lowest BCUT2D eigenvalue weighted by Crippen LogP contribution is -2.46. The number of aliphatic hydroxyl groups is 1. The van der Waals surface area contributed by atoms with Gasteiger partial charge in [0.15, 0.2) is 0 Å². The average molecular weight is 1100 g/mol. The number of anilines is 4. The van der Waals surface area contributed by atoms with Crippen LogP contribution in [0, 0.1) is 12.7 Å². The lowest BCUT2D eigenvalue weighted by atomic mass is 9.96. The van der Waals surface area contributed by atoms with Crippen molar-refractivity contribution >= 4 is 71.9 Å². The van der Waals surface area contributed by atoms with Crippen LogP contribution < -0.4 is 19.8 Å². The fraction of sp³-hybridized carbons (Fsp3) is 0.340. The number of likely N-dealkylation sites (tertiary alicyclic amines) is 1. The van der Waals surface area contributed by atoms with Gasteiger partial charge < -0.3 is 34.8 Å². The van der Waals surface area contributed by atoms with Crippen molar-refractivity contribution in [3.63, 3.8) is 0 Å². The van der Waals surface area contributed by atoms with Gasteiger partial charge >= 0.3 is 11.5 Å². The van der Waals surface area contributed by atoms with E-state index in [4.69, 9.17) is 11.6 Å². The van der Waals surface area contributed by atoms with Crippen molar-refractivity contribution in [3.05, 3.63) is 137 Å². The van der Waals surface area contributed by atoms with E-state index in [2.05, 4.69) is 14.9 Å². The summed E-state index contributed by atoms with van der Waals surface area (Å²) in [5.41, 5.74) is -2.02. The summed E-state index contributed by atoms with van der Waals surface area (Å²) in [4.78, 5) is 18.0. The number of piperidine rings is 1. The Kier molecular flexibility index (Phi) is 16.6. The topological polar surface area (TPSA) is 165 Å². The van der Waals surface area contributed by atoms with E-state index < -0.39 is 59.1 Å². The zero-order chi connectivity index (χ0) is 53.1. The van der Waals surface area contributed by atoms with E-state index in [1.807, 2.05) is 70.7 Å². The van der Waals surface area contributed by atoms with Gasteiger partial charge in [0.25, 0.3) is 19.9 Å². The van der Waals surface area contributed by atoms with Gasteiger partial charge in [-0.25, -0.2) is 26.0 Å². The van der Waals surface area contributed by atoms with Gasteiger partial charge in [-0.15, -0.1) is 11.8 Å². The molecular weight excluding hydrogens is 1040 g/mol. The fourth-order valence-corrected chi connectivity index (χ4v) is 12.8. The van der Waals surface area contributed by atoms with Crippen molar-refractivity contribution in [2.45, 2.75) is 78.4 Å². The monoisotopic (exact) mass is 1100 g/mol. The Morgan fingerprint density at radius 3 is 2.05 bits per heavy atom. The van der Waals surface area contributed by atoms with Crippen molar-refractivity contribution in [2.75, 3.05) is 71.4 Å². The number of hydrogen-bond donors (Lipinski definition) is 4. The van der Waals surface area contributed by atoms with Gasteiger partial charge in [-0.3, -0.25) is 4.72 Å². The highest BCUT2D eigenvalue weighted by atomic mass is 35.5. The van der Waals surface area contributed by atoms with Crippen LogP contribution in [0.15, 0.2) is 130 Å². The Labute approximate surface area is 438 Å². The molecule has 1 atom stereocenters. The largest absolute Gasteiger partial charge is 0.501 e. The number of aliphatic hydroxyl groups excluding tert-OH is 1. The summed E-state index contributed by atoms with van der Waals surface area (Å²) in [6.45, 7) is 9.29. The Hall–Kier alpha value is -5.77. The summed E-state index contributed by atoms with van der Waals surface area (Å²) in [5.74, 6) is -1.33. The number of alkyl halides is 3. The van der Waals surface area contributed by atoms with Crippen LogP contribution >= 0.6 is 23.4 Å². The number of benzene rings is 5. The number of piperazine rings is 1. The number of carbonyl (C=O) groups is 1. The van der Waals surface area contributed by atoms with Crippen LogP contribution in [0.3, 0.4) is 0 Å². The molecule has 5 aromatic carbocycles. The molecule has 4 N–H and O–H groups in total. The Bertz CT molecular complexity index is 3190. The van der Waals surface area contributed by atoms with Gasteiger partial charge in [-0.1, -0.05) is 41.9 Å². The van der Waals surface area contributed by atoms with Crippen LogP contribution in [0.4, 0.5) is 40.3 Å². The third kappa shape index (κ3) is 12.3. The standard InChI is InChI=1S/C53H57ClF4N6O7S3/c1-34(2)64-35(3)49(52(66)67)50(51(64)36-9-11-38(54)12-10-36)37-29-39(55)31-43(30-37)63-27-25-62(26-28-63)42-15-13-40(14-16-42)60-74(70,71)46-17-18-47(48(32-46)73(68,69)53(56,57)58)59-41(33-72-45-7-5-4-6-8-45)19-22-61-23-20-44(65)21-24-61/h4-18,29-32,34,41,44,59-60,65H,19-28,33H2,1-3H3,(H,66,67)/t41-/m1/s1. The summed E-state index contributed by atoms with van der Waals surface area (Å²) in [7, 11) is -10.7. The number of sulfone groups is 1. The molecule has 394 valence electrons. The smallest absolute Gasteiger partial charge is 0.478 e. The molecule has 2 aliphatic heterocycles. The third-order valence-electron chi connectivity index (χ3n) is 13.4. The van der Waals surface area contributed by atoms with Crippen molar-refractivity contribution in [1.29, 1.82) is 0 Å². The average Bonchev–Trinajstić information content (AvgIpc) is 3.68. The van der Waals surface area contributed by atoms with E-state index in [0.29, 0.717) is 110 Å². The number of carboxylic acid groups (broad SMARTS) is 1. The van der Waals surface area contributed by atoms with Gasteiger partial charge in [-0.2, -0.15) is 13.2 Å². The van der Waals surface area contributed by atoms with Crippen molar-refractivity contribution in [3.8, 4) is 22.4 Å². The maximum Gasteiger partial charge on any atom is 0.501 e. The van der Waals surface area contributed by atoms with Gasteiger partial charge in [0.2, 0.25) is 0 Å². The summed E-state index contributed by atoms with van der Waals surface area (Å²) < 4.78 is 117. The van der Waals surface area contributed by atoms with Gasteiger partial charge in [-0.05, 0) is 136 Å². The first-order valence-corrected chi connectivity index (χ1v) is 28.4. The predicted molar refractivity (Wildman–Crippen MR) is 285 cm³/mol. The minimum atomic E-state index is -6.05. The Balaban J connectivity index is 0.979. The molecule has 0 unspecified atom stereocenters. The second kappa shape index (κ2) is 22.6. The normalized spacial score (nSPS) is 15.6. The van der Waals surface area contributed by atoms with E-state index in [9.17, 15) is 45.0 Å². The Morgan fingerprint density at radius 2 is 1.45 bits per heavy atom. The molecule has 2 aliphatic rings. The van der Waals surface area contributed by atoms with E-state index in [1.54, 1.807) is 37.3 Å². The molecule has 2 fully saturated rings. The first-order chi connectivity index (χ1) is 35.1. The zero-order valence-electron chi connectivity index (χ0n) is 40.8. The van der Waals surface area contributed by atoms with Crippen molar-refractivity contribution in [1.82, 2.24) is 9.47 Å². The minimum Gasteiger partial charge on any atom is -0.478 e. The molecule has 0 radical (unpaired) electrons. The van der Waals surface area contributed by atoms with Crippen LogP contribution in [0.2, 0.25) is 5.02 Å². The van der Waals surface area contributed by atoms with E-state index in [1.165, 1.54) is 36.0 Å². The number of nitrogens with zero attached hydrogens (tertiary/aromatic N) is 4. The number of aromatic carboxylic acids is 1. The molecular formula is C53H57ClF4N6O7S3. The quantitative estimate of drug-likeness (QED) is 0.0476. The van der Waals surface area contributed by atoms with Crippen LogP contribution in [0.5, 0.6) is 0 Å². The first-order valence-electron chi connectivity index (χ1n) is 24.1. The number of nitrogens with one attached hydrogen (secondary N) is 2. The second-order valence-corrected chi connectivity index (χ2v) is 23.8. The van der Waals surface area contributed by atoms with Crippen LogP contribution in [0.1, 0.15) is 55.2 Å². The number of carboxylic acids is 1. The third-order valence-corrected chi connectivity index (χ3v) is 17.7. The van der Waals surface area contributed by atoms with E-state index in [-0.39, 0.29) is 23.0 Å². The summed E-state index contributed by atoms with van der Waals surface area (Å²) in [6.07, 6.45) is 1.19. The zero-order valence-corrected chi connectivity index (χ0v) is 44.0. The van der Waals surface area contributed by atoms with Gasteiger partial charge in [0.1, 0.15) is 10.7 Å². The highest BCUT2D eigenvalue weighted by molar-refractivity contribution is 7.99. The molecule has 0 aliphatic carbocycles. The van der Waals surface area contributed by atoms with Gasteiger partial charge in [0, 0.05) is 102 Å². The minimum absolute atomic E-state index is 0.0706. The highest BCUT2D eigenvalue weighted by Gasteiger charge is 2.48. The number of hydrogen-bond acceptors (Lipinski definition) is 11. The fourth-order valence-electron chi connectivity index (χ4n) is 9.61. The van der Waals surface area contributed by atoms with Gasteiger partial charge in [0.05, 0.1) is 27.9 Å². The maximum absolute atomic E-state index is 15.7. The molecule has 0 spiro atoms.